The molecule has 2 heterocycles. The zero-order valence-electron chi connectivity index (χ0n) is 6.66. The normalized spacial score (nSPS) is 10.6. The van der Waals surface area contributed by atoms with Crippen molar-refractivity contribution in [1.29, 1.82) is 0 Å². The number of halogens is 1. The molecule has 0 aliphatic carbocycles. The van der Waals surface area contributed by atoms with Crippen molar-refractivity contribution >= 4 is 27.3 Å². The lowest BCUT2D eigenvalue weighted by atomic mass is 10.3. The van der Waals surface area contributed by atoms with Gasteiger partial charge in [-0.05, 0) is 40.2 Å². The molecule has 68 valence electrons. The number of aliphatic hydroxyl groups is 1. The summed E-state index contributed by atoms with van der Waals surface area (Å²) in [5.74, 6) is 0.830. The van der Waals surface area contributed by atoms with Gasteiger partial charge in [-0.3, -0.25) is 0 Å². The van der Waals surface area contributed by atoms with Crippen LogP contribution in [-0.2, 0) is 6.61 Å². The van der Waals surface area contributed by atoms with E-state index in [4.69, 9.17) is 9.52 Å². The average molecular weight is 259 g/mol. The van der Waals surface area contributed by atoms with Gasteiger partial charge in [-0.2, -0.15) is 0 Å². The van der Waals surface area contributed by atoms with Crippen LogP contribution >= 0.6 is 27.3 Å². The molecule has 0 amide bonds. The fourth-order valence-corrected chi connectivity index (χ4v) is 2.18. The Hall–Kier alpha value is -0.580. The maximum absolute atomic E-state index is 8.87. The number of thiophene rings is 1. The molecule has 0 saturated carbocycles. The van der Waals surface area contributed by atoms with Crippen LogP contribution in [0.1, 0.15) is 4.88 Å². The summed E-state index contributed by atoms with van der Waals surface area (Å²) in [6.07, 6.45) is 0. The lowest BCUT2D eigenvalue weighted by molar-refractivity contribution is 0.285. The van der Waals surface area contributed by atoms with Crippen LogP contribution < -0.4 is 0 Å². The number of aliphatic hydroxyl groups excluding tert-OH is 1. The van der Waals surface area contributed by atoms with E-state index in [1.165, 1.54) is 11.3 Å². The molecule has 2 aromatic rings. The van der Waals surface area contributed by atoms with Crippen LogP contribution in [0.25, 0.3) is 10.6 Å². The largest absolute Gasteiger partial charge is 0.449 e. The second kappa shape index (κ2) is 3.65. The Labute approximate surface area is 87.9 Å². The van der Waals surface area contributed by atoms with Crippen molar-refractivity contribution in [2.24, 2.45) is 0 Å². The summed E-state index contributed by atoms with van der Waals surface area (Å²) >= 11 is 4.78. The third-order valence-corrected chi connectivity index (χ3v) is 3.14. The Morgan fingerprint density at radius 2 is 2.15 bits per heavy atom. The monoisotopic (exact) mass is 258 g/mol. The van der Waals surface area contributed by atoms with E-state index in [9.17, 15) is 0 Å². The summed E-state index contributed by atoms with van der Waals surface area (Å²) in [4.78, 5) is 1.98. The Kier molecular flexibility index (Phi) is 2.53. The van der Waals surface area contributed by atoms with Crippen LogP contribution in [-0.4, -0.2) is 5.11 Å². The van der Waals surface area contributed by atoms with Gasteiger partial charge in [-0.25, -0.2) is 0 Å². The van der Waals surface area contributed by atoms with Crippen molar-refractivity contribution in [2.45, 2.75) is 6.61 Å². The van der Waals surface area contributed by atoms with E-state index in [1.54, 1.807) is 0 Å². The van der Waals surface area contributed by atoms with Crippen LogP contribution in [0.5, 0.6) is 0 Å². The van der Waals surface area contributed by atoms with Crippen molar-refractivity contribution in [3.63, 3.8) is 0 Å². The minimum Gasteiger partial charge on any atom is -0.449 e. The highest BCUT2D eigenvalue weighted by molar-refractivity contribution is 9.10. The lowest BCUT2D eigenvalue weighted by Gasteiger charge is -1.88. The molecule has 0 bridgehead atoms. The summed E-state index contributed by atoms with van der Waals surface area (Å²) in [6.45, 7) is 0.0898. The second-order valence-corrected chi connectivity index (χ2v) is 4.48. The van der Waals surface area contributed by atoms with Crippen LogP contribution in [0.15, 0.2) is 33.4 Å². The summed E-state index contributed by atoms with van der Waals surface area (Å²) < 4.78 is 6.10. The van der Waals surface area contributed by atoms with Crippen LogP contribution in [0.4, 0.5) is 0 Å². The van der Waals surface area contributed by atoms with Crippen LogP contribution in [0.3, 0.4) is 0 Å². The number of rotatable bonds is 2. The van der Waals surface area contributed by atoms with E-state index in [0.29, 0.717) is 0 Å². The molecule has 0 atom stereocenters. The topological polar surface area (TPSA) is 33.4 Å². The summed E-state index contributed by atoms with van der Waals surface area (Å²) in [6, 6.07) is 7.60. The summed E-state index contributed by atoms with van der Waals surface area (Å²) in [5.41, 5.74) is 0. The molecule has 0 fully saturated rings. The predicted octanol–water partition coefficient (Wildman–Crippen LogP) is 3.26. The number of hydrogen-bond donors (Lipinski definition) is 1. The van der Waals surface area contributed by atoms with Gasteiger partial charge in [0.15, 0.2) is 4.67 Å². The van der Waals surface area contributed by atoms with Crippen LogP contribution in [0, 0.1) is 0 Å². The minimum atomic E-state index is 0.0898. The smallest absolute Gasteiger partial charge is 0.169 e. The molecule has 0 radical (unpaired) electrons. The molecule has 4 heteroatoms. The molecule has 0 aliphatic heterocycles. The van der Waals surface area contributed by atoms with Gasteiger partial charge in [0.05, 0.1) is 11.5 Å². The van der Waals surface area contributed by atoms with E-state index in [0.717, 1.165) is 20.2 Å². The molecule has 2 nitrogen and oxygen atoms in total. The molecule has 0 aromatic carbocycles. The fraction of sp³-hybridized carbons (Fsp3) is 0.111. The Morgan fingerprint density at radius 1 is 1.31 bits per heavy atom. The van der Waals surface area contributed by atoms with Crippen molar-refractivity contribution < 1.29 is 9.52 Å². The quantitative estimate of drug-likeness (QED) is 0.897. The molecule has 2 rings (SSSR count). The maximum Gasteiger partial charge on any atom is 0.169 e. The Balaban J connectivity index is 2.35. The molecule has 2 aromatic heterocycles. The first-order valence-electron chi connectivity index (χ1n) is 3.75. The number of hydrogen-bond acceptors (Lipinski definition) is 3. The van der Waals surface area contributed by atoms with Crippen molar-refractivity contribution in [1.82, 2.24) is 0 Å². The van der Waals surface area contributed by atoms with Gasteiger partial charge in [0, 0.05) is 4.88 Å². The third-order valence-electron chi connectivity index (χ3n) is 1.63. The van der Waals surface area contributed by atoms with Gasteiger partial charge in [0.25, 0.3) is 0 Å². The van der Waals surface area contributed by atoms with Crippen molar-refractivity contribution in [3.8, 4) is 10.6 Å². The molecule has 0 saturated heterocycles. The van der Waals surface area contributed by atoms with Crippen molar-refractivity contribution in [2.75, 3.05) is 0 Å². The van der Waals surface area contributed by atoms with E-state index in [-0.39, 0.29) is 6.61 Å². The molecular weight excluding hydrogens is 252 g/mol. The standard InChI is InChI=1S/C9H7BrO2S/c10-9-4-2-7(12-9)8-3-1-6(5-11)13-8/h1-4,11H,5H2. The maximum atomic E-state index is 8.87. The highest BCUT2D eigenvalue weighted by Gasteiger charge is 2.05. The second-order valence-electron chi connectivity index (χ2n) is 2.53. The molecule has 0 unspecified atom stereocenters. The number of furan rings is 1. The van der Waals surface area contributed by atoms with E-state index in [1.807, 2.05) is 24.3 Å². The minimum absolute atomic E-state index is 0.0898. The van der Waals surface area contributed by atoms with Crippen molar-refractivity contribution in [3.05, 3.63) is 33.8 Å². The van der Waals surface area contributed by atoms with Gasteiger partial charge in [-0.1, -0.05) is 0 Å². The van der Waals surface area contributed by atoms with Gasteiger partial charge in [0.1, 0.15) is 5.76 Å². The van der Waals surface area contributed by atoms with Gasteiger partial charge in [-0.15, -0.1) is 11.3 Å². The average Bonchev–Trinajstić information content (AvgIpc) is 2.71. The highest BCUT2D eigenvalue weighted by Crippen LogP contribution is 2.30. The first-order chi connectivity index (χ1) is 6.29. The Morgan fingerprint density at radius 3 is 2.69 bits per heavy atom. The highest BCUT2D eigenvalue weighted by atomic mass is 79.9. The van der Waals surface area contributed by atoms with E-state index in [2.05, 4.69) is 15.9 Å². The fourth-order valence-electron chi connectivity index (χ4n) is 1.04. The zero-order valence-corrected chi connectivity index (χ0v) is 9.06. The van der Waals surface area contributed by atoms with E-state index >= 15 is 0 Å². The zero-order chi connectivity index (χ0) is 9.26. The first-order valence-corrected chi connectivity index (χ1v) is 5.36. The van der Waals surface area contributed by atoms with E-state index < -0.39 is 0 Å². The molecule has 0 aliphatic rings. The third kappa shape index (κ3) is 1.85. The molecule has 0 spiro atoms. The van der Waals surface area contributed by atoms with Gasteiger partial charge in [0.2, 0.25) is 0 Å². The van der Waals surface area contributed by atoms with Crippen LogP contribution in [0.2, 0.25) is 0 Å². The Bertz CT molecular complexity index is 405. The molecular formula is C9H7BrO2S. The summed E-state index contributed by atoms with van der Waals surface area (Å²) in [5, 5.41) is 8.87. The lowest BCUT2D eigenvalue weighted by Crippen LogP contribution is -1.69. The molecule has 1 N–H and O–H groups in total. The SMILES string of the molecule is OCc1ccc(-c2ccc(Br)o2)s1. The van der Waals surface area contributed by atoms with Gasteiger partial charge >= 0.3 is 0 Å². The van der Waals surface area contributed by atoms with Gasteiger partial charge < -0.3 is 9.52 Å². The first kappa shape index (κ1) is 8.99. The predicted molar refractivity (Wildman–Crippen MR) is 55.6 cm³/mol. The molecule has 13 heavy (non-hydrogen) atoms. The summed E-state index contributed by atoms with van der Waals surface area (Å²) in [7, 11) is 0.